The number of ether oxygens (including phenoxy) is 2. The number of benzene rings is 2. The summed E-state index contributed by atoms with van der Waals surface area (Å²) in [4.78, 5) is 35.3. The number of nitrogens with one attached hydrogen (secondary N) is 1. The number of methoxy groups -OCH3 is 1. The summed E-state index contributed by atoms with van der Waals surface area (Å²) in [6.07, 6.45) is 0. The van der Waals surface area contributed by atoms with Gasteiger partial charge in [0.05, 0.1) is 12.7 Å². The first-order valence-corrected chi connectivity index (χ1v) is 7.63. The molecule has 0 radical (unpaired) electrons. The lowest BCUT2D eigenvalue weighted by Crippen LogP contribution is -2.21. The van der Waals surface area contributed by atoms with E-state index in [1.54, 1.807) is 42.5 Å². The summed E-state index contributed by atoms with van der Waals surface area (Å²) in [5, 5.41) is 2.58. The van der Waals surface area contributed by atoms with Gasteiger partial charge in [0, 0.05) is 11.3 Å². The van der Waals surface area contributed by atoms with E-state index < -0.39 is 18.5 Å². The molecule has 0 unspecified atom stereocenters. The van der Waals surface area contributed by atoms with Crippen LogP contribution in [0.3, 0.4) is 0 Å². The summed E-state index contributed by atoms with van der Waals surface area (Å²) in [6, 6.07) is 11.4. The molecule has 0 spiro atoms. The van der Waals surface area contributed by atoms with Crippen LogP contribution in [0.2, 0.25) is 0 Å². The lowest BCUT2D eigenvalue weighted by Gasteiger charge is -2.09. The topological polar surface area (TPSA) is 81.7 Å². The van der Waals surface area contributed by atoms with Crippen molar-refractivity contribution in [3.8, 4) is 5.75 Å². The molecule has 0 aliphatic heterocycles. The van der Waals surface area contributed by atoms with E-state index in [1.807, 2.05) is 6.92 Å². The van der Waals surface area contributed by atoms with Gasteiger partial charge in [0.15, 0.2) is 12.4 Å². The molecule has 130 valence electrons. The highest BCUT2D eigenvalue weighted by atomic mass is 16.5. The minimum atomic E-state index is -0.620. The molecule has 6 heteroatoms. The fourth-order valence-corrected chi connectivity index (χ4v) is 2.17. The molecule has 0 aromatic heterocycles. The van der Waals surface area contributed by atoms with Crippen LogP contribution in [0.15, 0.2) is 42.5 Å². The number of amides is 1. The smallest absolute Gasteiger partial charge is 0.338 e. The Labute approximate surface area is 145 Å². The molecule has 0 saturated heterocycles. The first-order chi connectivity index (χ1) is 11.9. The third kappa shape index (κ3) is 4.91. The summed E-state index contributed by atoms with van der Waals surface area (Å²) in [5.74, 6) is -0.644. The molecule has 0 bridgehead atoms. The SMILES string of the molecule is COc1cc(C(=O)OCC(=O)Nc2cccc(C(C)=O)c2)ccc1C. The molecule has 2 rings (SSSR count). The highest BCUT2D eigenvalue weighted by Gasteiger charge is 2.12. The van der Waals surface area contributed by atoms with Crippen molar-refractivity contribution in [2.75, 3.05) is 19.0 Å². The monoisotopic (exact) mass is 341 g/mol. The minimum absolute atomic E-state index is 0.101. The van der Waals surface area contributed by atoms with E-state index in [1.165, 1.54) is 14.0 Å². The molecule has 0 aliphatic carbocycles. The van der Waals surface area contributed by atoms with Crippen molar-refractivity contribution in [1.82, 2.24) is 0 Å². The number of Topliss-reactive ketones (excluding diaryl/α,β-unsaturated/α-hetero) is 1. The Balaban J connectivity index is 1.94. The molecular formula is C19H19NO5. The fraction of sp³-hybridized carbons (Fsp3) is 0.211. The Kier molecular flexibility index (Phi) is 5.89. The van der Waals surface area contributed by atoms with Gasteiger partial charge in [0.2, 0.25) is 0 Å². The van der Waals surface area contributed by atoms with Crippen LogP contribution < -0.4 is 10.1 Å². The van der Waals surface area contributed by atoms with Crippen molar-refractivity contribution < 1.29 is 23.9 Å². The molecule has 1 N–H and O–H groups in total. The Morgan fingerprint density at radius 1 is 1.04 bits per heavy atom. The third-order valence-corrected chi connectivity index (χ3v) is 3.53. The van der Waals surface area contributed by atoms with Gasteiger partial charge < -0.3 is 14.8 Å². The Hall–Kier alpha value is -3.15. The molecule has 2 aromatic rings. The van der Waals surface area contributed by atoms with Gasteiger partial charge in [-0.15, -0.1) is 0 Å². The average Bonchev–Trinajstić information content (AvgIpc) is 2.60. The predicted molar refractivity (Wildman–Crippen MR) is 93.1 cm³/mol. The first-order valence-electron chi connectivity index (χ1n) is 7.63. The zero-order valence-electron chi connectivity index (χ0n) is 14.3. The van der Waals surface area contributed by atoms with Gasteiger partial charge >= 0.3 is 5.97 Å². The molecule has 25 heavy (non-hydrogen) atoms. The van der Waals surface area contributed by atoms with Gasteiger partial charge in [0.1, 0.15) is 5.75 Å². The van der Waals surface area contributed by atoms with Gasteiger partial charge in [-0.1, -0.05) is 18.2 Å². The van der Waals surface area contributed by atoms with Crippen LogP contribution in [0.25, 0.3) is 0 Å². The van der Waals surface area contributed by atoms with Gasteiger partial charge in [-0.3, -0.25) is 9.59 Å². The van der Waals surface area contributed by atoms with E-state index in [-0.39, 0.29) is 5.78 Å². The molecule has 1 amide bonds. The second kappa shape index (κ2) is 8.10. The largest absolute Gasteiger partial charge is 0.496 e. The molecule has 6 nitrogen and oxygen atoms in total. The van der Waals surface area contributed by atoms with Gasteiger partial charge in [0.25, 0.3) is 5.91 Å². The zero-order chi connectivity index (χ0) is 18.4. The average molecular weight is 341 g/mol. The highest BCUT2D eigenvalue weighted by Crippen LogP contribution is 2.19. The summed E-state index contributed by atoms with van der Waals surface area (Å²) < 4.78 is 10.2. The van der Waals surface area contributed by atoms with Gasteiger partial charge in [-0.05, 0) is 43.7 Å². The van der Waals surface area contributed by atoms with Gasteiger partial charge in [-0.25, -0.2) is 4.79 Å². The number of esters is 1. The Morgan fingerprint density at radius 3 is 2.48 bits per heavy atom. The minimum Gasteiger partial charge on any atom is -0.496 e. The predicted octanol–water partition coefficient (Wildman–Crippen LogP) is 3.00. The normalized spacial score (nSPS) is 10.0. The van der Waals surface area contributed by atoms with Crippen LogP contribution in [0.1, 0.15) is 33.2 Å². The molecule has 0 fully saturated rings. The second-order valence-corrected chi connectivity index (χ2v) is 5.45. The summed E-state index contributed by atoms with van der Waals surface area (Å²) in [6.45, 7) is 2.87. The van der Waals surface area contributed by atoms with Crippen molar-refractivity contribution in [2.45, 2.75) is 13.8 Å². The molecule has 0 saturated carbocycles. The molecule has 2 aromatic carbocycles. The standard InChI is InChI=1S/C19H19NO5/c1-12-7-8-15(10-17(12)24-3)19(23)25-11-18(22)20-16-6-4-5-14(9-16)13(2)21/h4-10H,11H2,1-3H3,(H,20,22). The van der Waals surface area contributed by atoms with Crippen molar-refractivity contribution >= 4 is 23.3 Å². The number of carbonyl (C=O) groups excluding carboxylic acids is 3. The van der Waals surface area contributed by atoms with Crippen LogP contribution in [0.4, 0.5) is 5.69 Å². The van der Waals surface area contributed by atoms with Crippen LogP contribution >= 0.6 is 0 Å². The van der Waals surface area contributed by atoms with E-state index in [9.17, 15) is 14.4 Å². The fourth-order valence-electron chi connectivity index (χ4n) is 2.17. The summed E-state index contributed by atoms with van der Waals surface area (Å²) in [5.41, 5.74) is 2.14. The highest BCUT2D eigenvalue weighted by molar-refractivity contribution is 5.98. The number of hydrogen-bond donors (Lipinski definition) is 1. The first kappa shape index (κ1) is 18.2. The third-order valence-electron chi connectivity index (χ3n) is 3.53. The number of anilines is 1. The summed E-state index contributed by atoms with van der Waals surface area (Å²) >= 11 is 0. The quantitative estimate of drug-likeness (QED) is 0.645. The molecule has 0 atom stereocenters. The van der Waals surface area contributed by atoms with E-state index in [0.717, 1.165) is 5.56 Å². The number of aryl methyl sites for hydroxylation is 1. The Morgan fingerprint density at radius 2 is 1.80 bits per heavy atom. The van der Waals surface area contributed by atoms with E-state index >= 15 is 0 Å². The van der Waals surface area contributed by atoms with E-state index in [2.05, 4.69) is 5.32 Å². The van der Waals surface area contributed by atoms with E-state index in [4.69, 9.17) is 9.47 Å². The lowest BCUT2D eigenvalue weighted by molar-refractivity contribution is -0.119. The van der Waals surface area contributed by atoms with Crippen molar-refractivity contribution in [3.05, 3.63) is 59.2 Å². The van der Waals surface area contributed by atoms with Gasteiger partial charge in [-0.2, -0.15) is 0 Å². The number of ketones is 1. The van der Waals surface area contributed by atoms with Crippen molar-refractivity contribution in [3.63, 3.8) is 0 Å². The number of carbonyl (C=O) groups is 3. The maximum Gasteiger partial charge on any atom is 0.338 e. The van der Waals surface area contributed by atoms with Crippen LogP contribution in [0, 0.1) is 6.92 Å². The Bertz CT molecular complexity index is 813. The van der Waals surface area contributed by atoms with Crippen molar-refractivity contribution in [1.29, 1.82) is 0 Å². The lowest BCUT2D eigenvalue weighted by atomic mass is 10.1. The van der Waals surface area contributed by atoms with Crippen molar-refractivity contribution in [2.24, 2.45) is 0 Å². The summed E-state index contributed by atoms with van der Waals surface area (Å²) in [7, 11) is 1.51. The number of hydrogen-bond acceptors (Lipinski definition) is 5. The van der Waals surface area contributed by atoms with Crippen LogP contribution in [-0.2, 0) is 9.53 Å². The van der Waals surface area contributed by atoms with E-state index in [0.29, 0.717) is 22.6 Å². The molecule has 0 aliphatic rings. The second-order valence-electron chi connectivity index (χ2n) is 5.45. The maximum absolute atomic E-state index is 12.0. The maximum atomic E-state index is 12.0. The zero-order valence-corrected chi connectivity index (χ0v) is 14.3. The van der Waals surface area contributed by atoms with Crippen LogP contribution in [-0.4, -0.2) is 31.4 Å². The van der Waals surface area contributed by atoms with Crippen LogP contribution in [0.5, 0.6) is 5.75 Å². The molecular weight excluding hydrogens is 322 g/mol. The number of rotatable bonds is 6. The molecule has 0 heterocycles.